The molecule has 3 rings (SSSR count). The van der Waals surface area contributed by atoms with Gasteiger partial charge in [0.25, 0.3) is 0 Å². The van der Waals surface area contributed by atoms with Crippen LogP contribution in [0.15, 0.2) is 59.8 Å². The van der Waals surface area contributed by atoms with Crippen LogP contribution in [0.5, 0.6) is 0 Å². The van der Waals surface area contributed by atoms with Crippen LogP contribution in [0.25, 0.3) is 0 Å². The lowest BCUT2D eigenvalue weighted by atomic mass is 9.61. The maximum absolute atomic E-state index is 10.5. The van der Waals surface area contributed by atoms with E-state index in [2.05, 4.69) is 56.9 Å². The Kier molecular flexibility index (Phi) is 9.23. The zero-order valence-electron chi connectivity index (χ0n) is 22.0. The fraction of sp³-hybridized carbons (Fsp3) is 0.677. The van der Waals surface area contributed by atoms with Crippen molar-refractivity contribution in [1.82, 2.24) is 0 Å². The molecule has 3 nitrogen and oxygen atoms in total. The Hall–Kier alpha value is -1.42. The van der Waals surface area contributed by atoms with Gasteiger partial charge in [-0.15, -0.1) is 0 Å². The normalized spacial score (nSPS) is 36.1. The molecule has 3 fully saturated rings. The van der Waals surface area contributed by atoms with E-state index in [1.54, 1.807) is 5.57 Å². The highest BCUT2D eigenvalue weighted by Gasteiger charge is 2.50. The van der Waals surface area contributed by atoms with Crippen LogP contribution in [0.1, 0.15) is 91.9 Å². The molecule has 6 atom stereocenters. The van der Waals surface area contributed by atoms with Crippen LogP contribution in [0, 0.1) is 23.2 Å². The number of allylic oxidation sites excluding steroid dienone is 6. The molecule has 0 bridgehead atoms. The molecule has 0 unspecified atom stereocenters. The van der Waals surface area contributed by atoms with E-state index < -0.39 is 17.8 Å². The molecule has 3 aliphatic rings. The quantitative estimate of drug-likeness (QED) is 0.343. The first-order valence-corrected chi connectivity index (χ1v) is 13.6. The number of fused-ring (bicyclic) bond motifs is 1. The smallest absolute Gasteiger partial charge is 0.0811 e. The standard InChI is InChI=1S/C31H48O3/c1-6-31(34,7-2)19-10-8-9-12-22(3)27-16-17-28-24(13-11-18-30(27,28)5)14-15-25-20-26(32)21-29(33)23(25)4/h8-10,12,14-15,22,26-29,32-34H,4,6-7,11,13,16-21H2,1-3,5H3/b10-8+,12-9+,24-14+,25-15-/t22-,26-,27-,28+,29+,30-/m1/s1. The molecule has 0 radical (unpaired) electrons. The van der Waals surface area contributed by atoms with Crippen LogP contribution in [-0.4, -0.2) is 33.1 Å². The van der Waals surface area contributed by atoms with Gasteiger partial charge in [0.15, 0.2) is 0 Å². The molecule has 0 amide bonds. The van der Waals surface area contributed by atoms with Gasteiger partial charge in [0, 0.05) is 6.42 Å². The molecule has 0 heterocycles. The summed E-state index contributed by atoms with van der Waals surface area (Å²) < 4.78 is 0. The Bertz CT molecular complexity index is 828. The van der Waals surface area contributed by atoms with Gasteiger partial charge in [-0.05, 0) is 92.1 Å². The number of aliphatic hydroxyl groups is 3. The van der Waals surface area contributed by atoms with Gasteiger partial charge in [0.05, 0.1) is 17.8 Å². The lowest BCUT2D eigenvalue weighted by Crippen LogP contribution is -2.35. The fourth-order valence-electron chi connectivity index (χ4n) is 6.89. The van der Waals surface area contributed by atoms with Crippen LogP contribution in [0.4, 0.5) is 0 Å². The monoisotopic (exact) mass is 468 g/mol. The first-order chi connectivity index (χ1) is 16.1. The predicted octanol–water partition coefficient (Wildman–Crippen LogP) is 6.82. The molecule has 0 aromatic rings. The van der Waals surface area contributed by atoms with Gasteiger partial charge in [0.1, 0.15) is 0 Å². The summed E-state index contributed by atoms with van der Waals surface area (Å²) in [5.41, 5.74) is 3.07. The van der Waals surface area contributed by atoms with E-state index in [0.29, 0.717) is 42.4 Å². The van der Waals surface area contributed by atoms with Crippen molar-refractivity contribution < 1.29 is 15.3 Å². The SMILES string of the molecule is C=C1/C(=C\C=C2/CCC[C@]3(C)[C@@H]([C@H](C)/C=C/C=C/CC(O)(CC)CC)CC[C@@H]23)C[C@@H](O)C[C@@H]1O. The first kappa shape index (κ1) is 27.2. The van der Waals surface area contributed by atoms with E-state index in [1.165, 1.54) is 25.7 Å². The lowest BCUT2D eigenvalue weighted by molar-refractivity contribution is 0.0353. The van der Waals surface area contributed by atoms with Gasteiger partial charge in [0.2, 0.25) is 0 Å². The number of rotatable bonds is 8. The fourth-order valence-corrected chi connectivity index (χ4v) is 6.89. The van der Waals surface area contributed by atoms with Crippen molar-refractivity contribution in [3.63, 3.8) is 0 Å². The Balaban J connectivity index is 1.67. The molecule has 3 saturated carbocycles. The molecule has 0 spiro atoms. The Morgan fingerprint density at radius 2 is 1.88 bits per heavy atom. The van der Waals surface area contributed by atoms with Crippen LogP contribution in [0.3, 0.4) is 0 Å². The van der Waals surface area contributed by atoms with Gasteiger partial charge in [-0.25, -0.2) is 0 Å². The number of hydrogen-bond donors (Lipinski definition) is 3. The van der Waals surface area contributed by atoms with E-state index >= 15 is 0 Å². The zero-order valence-corrected chi connectivity index (χ0v) is 22.0. The summed E-state index contributed by atoms with van der Waals surface area (Å²) >= 11 is 0. The second-order valence-corrected chi connectivity index (χ2v) is 11.5. The maximum atomic E-state index is 10.5. The summed E-state index contributed by atoms with van der Waals surface area (Å²) in [5, 5.41) is 30.7. The molecule has 0 aromatic carbocycles. The van der Waals surface area contributed by atoms with Crippen molar-refractivity contribution in [2.45, 2.75) is 110 Å². The minimum atomic E-state index is -0.625. The van der Waals surface area contributed by atoms with E-state index in [4.69, 9.17) is 0 Å². The Morgan fingerprint density at radius 3 is 2.59 bits per heavy atom. The van der Waals surface area contributed by atoms with Crippen molar-refractivity contribution >= 4 is 0 Å². The van der Waals surface area contributed by atoms with Gasteiger partial charge >= 0.3 is 0 Å². The third-order valence-corrected chi connectivity index (χ3v) is 9.41. The predicted molar refractivity (Wildman–Crippen MR) is 142 cm³/mol. The Morgan fingerprint density at radius 1 is 1.15 bits per heavy atom. The Labute approximate surface area is 208 Å². The molecule has 34 heavy (non-hydrogen) atoms. The third kappa shape index (κ3) is 6.04. The highest BCUT2D eigenvalue weighted by molar-refractivity contribution is 5.38. The summed E-state index contributed by atoms with van der Waals surface area (Å²) in [4.78, 5) is 0. The summed E-state index contributed by atoms with van der Waals surface area (Å²) in [6.07, 6.45) is 21.5. The highest BCUT2D eigenvalue weighted by atomic mass is 16.3. The van der Waals surface area contributed by atoms with Crippen LogP contribution in [-0.2, 0) is 0 Å². The zero-order chi connectivity index (χ0) is 24.9. The largest absolute Gasteiger partial charge is 0.393 e. The maximum Gasteiger partial charge on any atom is 0.0811 e. The molecular formula is C31H48O3. The summed E-state index contributed by atoms with van der Waals surface area (Å²) in [7, 11) is 0. The molecule has 3 aliphatic carbocycles. The van der Waals surface area contributed by atoms with Crippen LogP contribution >= 0.6 is 0 Å². The lowest BCUT2D eigenvalue weighted by Gasteiger charge is -2.44. The van der Waals surface area contributed by atoms with Crippen molar-refractivity contribution in [1.29, 1.82) is 0 Å². The van der Waals surface area contributed by atoms with Crippen LogP contribution in [0.2, 0.25) is 0 Å². The average Bonchev–Trinajstić information content (AvgIpc) is 3.17. The summed E-state index contributed by atoms with van der Waals surface area (Å²) in [6.45, 7) is 13.0. The van der Waals surface area contributed by atoms with Crippen LogP contribution < -0.4 is 0 Å². The first-order valence-electron chi connectivity index (χ1n) is 13.6. The van der Waals surface area contributed by atoms with E-state index in [1.807, 2.05) is 13.8 Å². The average molecular weight is 469 g/mol. The second kappa shape index (κ2) is 11.5. The minimum absolute atomic E-state index is 0.323. The summed E-state index contributed by atoms with van der Waals surface area (Å²) in [5.74, 6) is 1.82. The molecule has 3 heteroatoms. The van der Waals surface area contributed by atoms with Gasteiger partial charge in [-0.2, -0.15) is 0 Å². The van der Waals surface area contributed by atoms with Crippen molar-refractivity contribution in [3.05, 3.63) is 59.8 Å². The highest BCUT2D eigenvalue weighted by Crippen LogP contribution is 2.59. The molecule has 0 aromatic heterocycles. The summed E-state index contributed by atoms with van der Waals surface area (Å²) in [6, 6.07) is 0. The molecule has 0 saturated heterocycles. The van der Waals surface area contributed by atoms with Gasteiger partial charge in [-0.1, -0.05) is 76.3 Å². The van der Waals surface area contributed by atoms with E-state index in [-0.39, 0.29) is 0 Å². The van der Waals surface area contributed by atoms with Gasteiger partial charge < -0.3 is 15.3 Å². The molecule has 3 N–H and O–H groups in total. The van der Waals surface area contributed by atoms with Gasteiger partial charge in [-0.3, -0.25) is 0 Å². The second-order valence-electron chi connectivity index (χ2n) is 11.5. The molecule has 190 valence electrons. The van der Waals surface area contributed by atoms with Crippen molar-refractivity contribution in [3.8, 4) is 0 Å². The molecular weight excluding hydrogens is 420 g/mol. The number of hydrogen-bond acceptors (Lipinski definition) is 3. The van der Waals surface area contributed by atoms with E-state index in [9.17, 15) is 15.3 Å². The topological polar surface area (TPSA) is 60.7 Å². The minimum Gasteiger partial charge on any atom is -0.393 e. The van der Waals surface area contributed by atoms with Crippen molar-refractivity contribution in [2.24, 2.45) is 23.2 Å². The van der Waals surface area contributed by atoms with Crippen molar-refractivity contribution in [2.75, 3.05) is 0 Å². The molecule has 0 aliphatic heterocycles. The number of aliphatic hydroxyl groups excluding tert-OH is 2. The third-order valence-electron chi connectivity index (χ3n) is 9.41. The van der Waals surface area contributed by atoms with E-state index in [0.717, 1.165) is 30.4 Å².